The molecule has 0 spiro atoms. The summed E-state index contributed by atoms with van der Waals surface area (Å²) < 4.78 is 27.5. The molecule has 0 fully saturated rings. The predicted molar refractivity (Wildman–Crippen MR) is 92.7 cm³/mol. The second-order valence-corrected chi connectivity index (χ2v) is 6.47. The number of carbonyl (C=O) groups excluding carboxylic acids is 1. The number of aryl methyl sites for hydroxylation is 2. The van der Waals surface area contributed by atoms with E-state index in [1.165, 1.54) is 12.1 Å². The molecule has 128 valence electrons. The fourth-order valence-electron chi connectivity index (χ4n) is 2.28. The van der Waals surface area contributed by atoms with Crippen LogP contribution < -0.4 is 39.6 Å². The van der Waals surface area contributed by atoms with Gasteiger partial charge in [0.15, 0.2) is 6.10 Å². The molecule has 0 radical (unpaired) electrons. The summed E-state index contributed by atoms with van der Waals surface area (Å²) in [5.74, 6) is 0.410. The van der Waals surface area contributed by atoms with E-state index in [0.29, 0.717) is 17.9 Å². The van der Waals surface area contributed by atoms with Crippen LogP contribution in [0, 0.1) is 13.8 Å². The third-order valence-electron chi connectivity index (χ3n) is 3.58. The molecule has 1 unspecified atom stereocenters. The Kier molecular flexibility index (Phi) is 8.65. The van der Waals surface area contributed by atoms with E-state index in [9.17, 15) is 13.2 Å². The minimum absolute atomic E-state index is 0. The third-order valence-corrected chi connectivity index (χ3v) is 4.23. The number of nitrogens with one attached hydrogen (secondary N) is 1. The van der Waals surface area contributed by atoms with E-state index < -0.39 is 16.8 Å². The van der Waals surface area contributed by atoms with Crippen LogP contribution in [0.3, 0.4) is 0 Å². The van der Waals surface area contributed by atoms with Gasteiger partial charge in [-0.1, -0.05) is 41.6 Å². The van der Waals surface area contributed by atoms with Crippen LogP contribution in [0.25, 0.3) is 0 Å². The Labute approximate surface area is 172 Å². The van der Waals surface area contributed by atoms with Crippen LogP contribution in [0.4, 0.5) is 5.69 Å². The van der Waals surface area contributed by atoms with Crippen molar-refractivity contribution in [2.45, 2.75) is 38.2 Å². The summed E-state index contributed by atoms with van der Waals surface area (Å²) in [6, 6.07) is 11.8. The second-order valence-electron chi connectivity index (χ2n) is 5.53. The van der Waals surface area contributed by atoms with Crippen molar-refractivity contribution in [3.05, 3.63) is 53.6 Å². The topological polar surface area (TPSA) is 72.5 Å². The van der Waals surface area contributed by atoms with Gasteiger partial charge in [0.1, 0.15) is 5.75 Å². The Morgan fingerprint density at radius 2 is 1.76 bits per heavy atom. The molecule has 0 aromatic heterocycles. The molecule has 0 aliphatic carbocycles. The van der Waals surface area contributed by atoms with Gasteiger partial charge in [-0.25, -0.2) is 0 Å². The first-order chi connectivity index (χ1) is 11.4. The maximum atomic E-state index is 12.4. The van der Waals surface area contributed by atoms with Gasteiger partial charge in [-0.3, -0.25) is 4.79 Å². The minimum Gasteiger partial charge on any atom is -0.480 e. The first-order valence-electron chi connectivity index (χ1n) is 7.64. The van der Waals surface area contributed by atoms with Gasteiger partial charge in [-0.15, -0.1) is 0 Å². The van der Waals surface area contributed by atoms with Crippen molar-refractivity contribution in [2.24, 2.45) is 0 Å². The molecule has 2 aromatic rings. The van der Waals surface area contributed by atoms with Crippen molar-refractivity contribution in [3.63, 3.8) is 0 Å². The van der Waals surface area contributed by atoms with Crippen LogP contribution in [-0.4, -0.2) is 12.0 Å². The quantitative estimate of drug-likeness (QED) is 0.603. The molecule has 1 amide bonds. The van der Waals surface area contributed by atoms with Gasteiger partial charge in [-0.2, -0.15) is 0 Å². The molecule has 7 heteroatoms. The van der Waals surface area contributed by atoms with Crippen LogP contribution in [0.15, 0.2) is 47.4 Å². The van der Waals surface area contributed by atoms with Gasteiger partial charge < -0.3 is 18.5 Å². The van der Waals surface area contributed by atoms with Crippen molar-refractivity contribution in [2.75, 3.05) is 5.32 Å². The molecule has 5 nitrogen and oxygen atoms in total. The number of carbonyl (C=O) groups is 1. The fraction of sp³-hybridized carbons (Fsp3) is 0.278. The number of amides is 1. The summed E-state index contributed by atoms with van der Waals surface area (Å²) in [7, 11) is -2.28. The second kappa shape index (κ2) is 9.97. The Hall–Kier alpha value is -1.34. The van der Waals surface area contributed by atoms with Crippen LogP contribution in [0.1, 0.15) is 24.5 Å². The standard InChI is InChI=1S/C18H20NO4S.Na/c1-4-16(23-17-10-5-12(2)11-13(17)3)18(20)19-14-6-8-15(9-7-14)24(21)22;/h5-11,16H,4H2,1-3H3,(H,19,20);/q-1;+1. The van der Waals surface area contributed by atoms with Crippen molar-refractivity contribution >= 4 is 22.3 Å². The average Bonchev–Trinajstić information content (AvgIpc) is 2.54. The van der Waals surface area contributed by atoms with E-state index in [1.807, 2.05) is 39.0 Å². The zero-order valence-electron chi connectivity index (χ0n) is 14.9. The number of ether oxygens (including phenoxy) is 1. The number of rotatable bonds is 6. The Balaban J connectivity index is 0.00000312. The van der Waals surface area contributed by atoms with Crippen LogP contribution >= 0.6 is 0 Å². The van der Waals surface area contributed by atoms with E-state index in [1.54, 1.807) is 12.1 Å². The van der Waals surface area contributed by atoms with Crippen molar-refractivity contribution < 1.29 is 47.5 Å². The molecular formula is C18H20NNaO4S. The predicted octanol–water partition coefficient (Wildman–Crippen LogP) is 0.772. The van der Waals surface area contributed by atoms with Crippen molar-refractivity contribution in [1.82, 2.24) is 0 Å². The Bertz CT molecular complexity index is 795. The Morgan fingerprint density at radius 1 is 1.12 bits per heavy atom. The molecule has 0 saturated carbocycles. The first kappa shape index (κ1) is 21.7. The van der Waals surface area contributed by atoms with Crippen LogP contribution in [-0.2, 0) is 23.9 Å². The molecule has 25 heavy (non-hydrogen) atoms. The molecule has 2 aromatic carbocycles. The van der Waals surface area contributed by atoms with Gasteiger partial charge in [0, 0.05) is 5.69 Å². The van der Waals surface area contributed by atoms with E-state index in [4.69, 9.17) is 4.74 Å². The maximum absolute atomic E-state index is 12.4. The number of hydrogen-bond donors (Lipinski definition) is 1. The summed E-state index contributed by atoms with van der Waals surface area (Å²) >= 11 is 0. The first-order valence-corrected chi connectivity index (χ1v) is 8.72. The van der Waals surface area contributed by atoms with Gasteiger partial charge in [0.25, 0.3) is 5.91 Å². The van der Waals surface area contributed by atoms with E-state index in [0.717, 1.165) is 11.1 Å². The minimum atomic E-state index is -2.28. The number of hydrogen-bond acceptors (Lipinski definition) is 5. The van der Waals surface area contributed by atoms with Crippen LogP contribution in [0.5, 0.6) is 5.75 Å². The molecule has 1 N–H and O–H groups in total. The van der Waals surface area contributed by atoms with E-state index in [2.05, 4.69) is 5.32 Å². The third kappa shape index (κ3) is 6.15. The van der Waals surface area contributed by atoms with Gasteiger partial charge in [-0.05, 0) is 54.7 Å². The maximum Gasteiger partial charge on any atom is 1.00 e. The molecule has 0 aliphatic rings. The number of anilines is 1. The smallest absolute Gasteiger partial charge is 0.480 e. The monoisotopic (exact) mass is 369 g/mol. The molecule has 2 rings (SSSR count). The molecule has 0 heterocycles. The molecule has 0 saturated heterocycles. The van der Waals surface area contributed by atoms with E-state index >= 15 is 0 Å². The zero-order chi connectivity index (χ0) is 17.7. The summed E-state index contributed by atoms with van der Waals surface area (Å²) in [5.41, 5.74) is 2.63. The number of benzene rings is 2. The van der Waals surface area contributed by atoms with Gasteiger partial charge in [0.05, 0.1) is 0 Å². The normalized spacial score (nSPS) is 11.5. The molecule has 0 aliphatic heterocycles. The molecule has 0 bridgehead atoms. The fourth-order valence-corrected chi connectivity index (χ4v) is 2.64. The van der Waals surface area contributed by atoms with Crippen molar-refractivity contribution in [3.8, 4) is 5.75 Å². The average molecular weight is 369 g/mol. The zero-order valence-corrected chi connectivity index (χ0v) is 17.7. The Morgan fingerprint density at radius 3 is 2.28 bits per heavy atom. The summed E-state index contributed by atoms with van der Waals surface area (Å²) in [5, 5.41) is 2.75. The summed E-state index contributed by atoms with van der Waals surface area (Å²) in [4.78, 5) is 12.6. The van der Waals surface area contributed by atoms with Crippen molar-refractivity contribution in [1.29, 1.82) is 0 Å². The van der Waals surface area contributed by atoms with Gasteiger partial charge in [0.2, 0.25) is 0 Å². The SMILES string of the molecule is CCC(Oc1ccc(C)cc1C)C(=O)Nc1ccc([S-](=O)=O)cc1.[Na+]. The van der Waals surface area contributed by atoms with E-state index in [-0.39, 0.29) is 40.4 Å². The largest absolute Gasteiger partial charge is 1.00 e. The molecular weight excluding hydrogens is 349 g/mol. The molecule has 1 atom stereocenters. The van der Waals surface area contributed by atoms with Crippen LogP contribution in [0.2, 0.25) is 0 Å². The van der Waals surface area contributed by atoms with Gasteiger partial charge >= 0.3 is 29.6 Å². The summed E-state index contributed by atoms with van der Waals surface area (Å²) in [6.45, 7) is 5.81. The summed E-state index contributed by atoms with van der Waals surface area (Å²) in [6.07, 6.45) is -0.110.